The average Bonchev–Trinajstić information content (AvgIpc) is 3.14. The van der Waals surface area contributed by atoms with Crippen molar-refractivity contribution in [1.29, 1.82) is 0 Å². The SMILES string of the molecule is CCCOc1ccc(NC(=O)C[C@@H]2SC(=Nc3ccc(F)cc3)N(Cc3ccccc3)C2=O)cc1. The van der Waals surface area contributed by atoms with Crippen LogP contribution >= 0.6 is 11.8 Å². The minimum Gasteiger partial charge on any atom is -0.494 e. The summed E-state index contributed by atoms with van der Waals surface area (Å²) in [7, 11) is 0. The molecule has 1 fully saturated rings. The molecular formula is C27H26FN3O3S. The number of benzene rings is 3. The fourth-order valence-corrected chi connectivity index (χ4v) is 4.65. The van der Waals surface area contributed by atoms with Gasteiger partial charge in [0.2, 0.25) is 11.8 Å². The monoisotopic (exact) mass is 491 g/mol. The van der Waals surface area contributed by atoms with Crippen LogP contribution in [0, 0.1) is 5.82 Å². The number of amides is 2. The van der Waals surface area contributed by atoms with Crippen LogP contribution in [0.1, 0.15) is 25.3 Å². The fraction of sp³-hybridized carbons (Fsp3) is 0.222. The summed E-state index contributed by atoms with van der Waals surface area (Å²) in [5.74, 6) is -0.0618. The number of carbonyl (C=O) groups excluding carboxylic acids is 2. The lowest BCUT2D eigenvalue weighted by molar-refractivity contribution is -0.128. The molecule has 2 amide bonds. The minimum atomic E-state index is -0.606. The molecule has 0 unspecified atom stereocenters. The lowest BCUT2D eigenvalue weighted by Gasteiger charge is -2.16. The topological polar surface area (TPSA) is 71.0 Å². The van der Waals surface area contributed by atoms with E-state index in [4.69, 9.17) is 4.74 Å². The summed E-state index contributed by atoms with van der Waals surface area (Å²) in [4.78, 5) is 32.2. The second-order valence-electron chi connectivity index (χ2n) is 8.01. The van der Waals surface area contributed by atoms with Crippen molar-refractivity contribution >= 4 is 40.1 Å². The third kappa shape index (κ3) is 6.70. The molecule has 1 aliphatic rings. The van der Waals surface area contributed by atoms with Crippen molar-refractivity contribution in [1.82, 2.24) is 4.90 Å². The number of nitrogens with one attached hydrogen (secondary N) is 1. The molecule has 0 spiro atoms. The summed E-state index contributed by atoms with van der Waals surface area (Å²) in [6.07, 6.45) is 0.921. The maximum atomic E-state index is 13.3. The Hall–Kier alpha value is -3.65. The van der Waals surface area contributed by atoms with Crippen molar-refractivity contribution in [3.05, 3.63) is 90.2 Å². The number of hydrogen-bond acceptors (Lipinski definition) is 5. The first-order chi connectivity index (χ1) is 17.0. The zero-order valence-corrected chi connectivity index (χ0v) is 20.1. The molecule has 8 heteroatoms. The van der Waals surface area contributed by atoms with Crippen LogP contribution in [0.2, 0.25) is 0 Å². The predicted molar refractivity (Wildman–Crippen MR) is 137 cm³/mol. The molecule has 1 saturated heterocycles. The van der Waals surface area contributed by atoms with E-state index < -0.39 is 5.25 Å². The van der Waals surface area contributed by atoms with Gasteiger partial charge in [-0.25, -0.2) is 9.38 Å². The van der Waals surface area contributed by atoms with E-state index in [0.29, 0.717) is 29.7 Å². The maximum Gasteiger partial charge on any atom is 0.242 e. The molecule has 0 saturated carbocycles. The van der Waals surface area contributed by atoms with Crippen molar-refractivity contribution in [3.63, 3.8) is 0 Å². The number of aliphatic imine (C=N–C) groups is 1. The first-order valence-corrected chi connectivity index (χ1v) is 12.3. The highest BCUT2D eigenvalue weighted by Crippen LogP contribution is 2.33. The molecule has 6 nitrogen and oxygen atoms in total. The third-order valence-corrected chi connectivity index (χ3v) is 6.41. The maximum absolute atomic E-state index is 13.3. The van der Waals surface area contributed by atoms with Crippen molar-refractivity contribution < 1.29 is 18.7 Å². The van der Waals surface area contributed by atoms with Crippen LogP contribution in [0.3, 0.4) is 0 Å². The normalized spacial score (nSPS) is 16.5. The van der Waals surface area contributed by atoms with Crippen LogP contribution in [-0.4, -0.2) is 33.7 Å². The second-order valence-corrected chi connectivity index (χ2v) is 9.18. The van der Waals surface area contributed by atoms with E-state index in [1.807, 2.05) is 37.3 Å². The Morgan fingerprint density at radius 1 is 1.06 bits per heavy atom. The molecule has 0 aromatic heterocycles. The Labute approximate surface area is 208 Å². The molecule has 3 aromatic rings. The zero-order valence-electron chi connectivity index (χ0n) is 19.3. The number of carbonyl (C=O) groups is 2. The predicted octanol–water partition coefficient (Wildman–Crippen LogP) is 5.78. The van der Waals surface area contributed by atoms with Gasteiger partial charge in [-0.1, -0.05) is 49.0 Å². The largest absolute Gasteiger partial charge is 0.494 e. The van der Waals surface area contributed by atoms with Gasteiger partial charge in [0, 0.05) is 12.1 Å². The van der Waals surface area contributed by atoms with Crippen molar-refractivity contribution in [2.75, 3.05) is 11.9 Å². The number of rotatable bonds is 9. The van der Waals surface area contributed by atoms with E-state index in [0.717, 1.165) is 17.7 Å². The van der Waals surface area contributed by atoms with Crippen molar-refractivity contribution in [2.45, 2.75) is 31.6 Å². The van der Waals surface area contributed by atoms with Gasteiger partial charge in [0.15, 0.2) is 5.17 Å². The molecule has 1 N–H and O–H groups in total. The van der Waals surface area contributed by atoms with Crippen LogP contribution < -0.4 is 10.1 Å². The standard InChI is InChI=1S/C27H26FN3O3S/c1-2-16-34-23-14-12-21(13-15-23)29-25(32)17-24-26(33)31(18-19-6-4-3-5-7-19)27(35-24)30-22-10-8-20(28)9-11-22/h3-15,24H,2,16-18H2,1H3,(H,29,32)/t24-/m0/s1. The summed E-state index contributed by atoms with van der Waals surface area (Å²) in [5, 5.41) is 2.73. The summed E-state index contributed by atoms with van der Waals surface area (Å²) in [6, 6.07) is 22.5. The smallest absolute Gasteiger partial charge is 0.242 e. The molecule has 1 heterocycles. The highest BCUT2D eigenvalue weighted by atomic mass is 32.2. The fourth-order valence-electron chi connectivity index (χ4n) is 3.50. The lowest BCUT2D eigenvalue weighted by atomic mass is 10.2. The zero-order chi connectivity index (χ0) is 24.6. The van der Waals surface area contributed by atoms with Crippen LogP contribution in [0.4, 0.5) is 15.8 Å². The molecular weight excluding hydrogens is 465 g/mol. The molecule has 1 aliphatic heterocycles. The number of halogens is 1. The first-order valence-electron chi connectivity index (χ1n) is 11.4. The summed E-state index contributed by atoms with van der Waals surface area (Å²) >= 11 is 1.25. The summed E-state index contributed by atoms with van der Waals surface area (Å²) in [6.45, 7) is 3.01. The average molecular weight is 492 g/mol. The quantitative estimate of drug-likeness (QED) is 0.412. The second kappa shape index (κ2) is 11.7. The van der Waals surface area contributed by atoms with Crippen LogP contribution in [0.15, 0.2) is 83.9 Å². The lowest BCUT2D eigenvalue weighted by Crippen LogP contribution is -2.33. The van der Waals surface area contributed by atoms with Gasteiger partial charge in [-0.3, -0.25) is 14.5 Å². The van der Waals surface area contributed by atoms with Crippen molar-refractivity contribution in [2.24, 2.45) is 4.99 Å². The Morgan fingerprint density at radius 2 is 1.77 bits per heavy atom. The minimum absolute atomic E-state index is 0.00527. The van der Waals surface area contributed by atoms with Gasteiger partial charge in [-0.2, -0.15) is 0 Å². The molecule has 0 radical (unpaired) electrons. The highest BCUT2D eigenvalue weighted by Gasteiger charge is 2.39. The van der Waals surface area contributed by atoms with E-state index in [2.05, 4.69) is 10.3 Å². The molecule has 1 atom stereocenters. The van der Waals surface area contributed by atoms with Gasteiger partial charge in [0.1, 0.15) is 16.8 Å². The summed E-state index contributed by atoms with van der Waals surface area (Å²) < 4.78 is 18.9. The van der Waals surface area contributed by atoms with Gasteiger partial charge < -0.3 is 10.1 Å². The van der Waals surface area contributed by atoms with Crippen LogP contribution in [-0.2, 0) is 16.1 Å². The molecule has 0 bridgehead atoms. The van der Waals surface area contributed by atoms with E-state index in [1.54, 1.807) is 41.3 Å². The number of nitrogens with zero attached hydrogens (tertiary/aromatic N) is 2. The Kier molecular flexibility index (Phi) is 8.15. The Morgan fingerprint density at radius 3 is 2.46 bits per heavy atom. The number of thioether (sulfide) groups is 1. The molecule has 4 rings (SSSR count). The number of amidine groups is 1. The Bertz CT molecular complexity index is 1180. The number of hydrogen-bond donors (Lipinski definition) is 1. The van der Waals surface area contributed by atoms with Gasteiger partial charge in [0.25, 0.3) is 0 Å². The van der Waals surface area contributed by atoms with Gasteiger partial charge in [-0.05, 0) is 60.5 Å². The van der Waals surface area contributed by atoms with E-state index >= 15 is 0 Å². The van der Waals surface area contributed by atoms with Crippen LogP contribution in [0.5, 0.6) is 5.75 Å². The number of anilines is 1. The van der Waals surface area contributed by atoms with E-state index in [1.165, 1.54) is 23.9 Å². The highest BCUT2D eigenvalue weighted by molar-refractivity contribution is 8.15. The third-order valence-electron chi connectivity index (χ3n) is 5.24. The molecule has 180 valence electrons. The molecule has 3 aromatic carbocycles. The molecule has 35 heavy (non-hydrogen) atoms. The van der Waals surface area contributed by atoms with E-state index in [-0.39, 0.29) is 24.1 Å². The summed E-state index contributed by atoms with van der Waals surface area (Å²) in [5.41, 5.74) is 2.12. The first kappa shape index (κ1) is 24.5. The van der Waals surface area contributed by atoms with Crippen molar-refractivity contribution in [3.8, 4) is 5.75 Å². The Balaban J connectivity index is 1.46. The number of ether oxygens (including phenoxy) is 1. The van der Waals surface area contributed by atoms with Gasteiger partial charge in [0.05, 0.1) is 18.8 Å². The van der Waals surface area contributed by atoms with Gasteiger partial charge in [-0.15, -0.1) is 0 Å². The molecule has 0 aliphatic carbocycles. The van der Waals surface area contributed by atoms with E-state index in [9.17, 15) is 14.0 Å². The van der Waals surface area contributed by atoms with Gasteiger partial charge >= 0.3 is 0 Å². The van der Waals surface area contributed by atoms with Crippen LogP contribution in [0.25, 0.3) is 0 Å².